The maximum atomic E-state index is 5.48. The summed E-state index contributed by atoms with van der Waals surface area (Å²) in [5, 5.41) is 3.51. The number of nitrogens with zero attached hydrogens (tertiary/aromatic N) is 1. The van der Waals surface area contributed by atoms with Gasteiger partial charge in [0.25, 0.3) is 0 Å². The smallest absolute Gasteiger partial charge is 0.123 e. The average Bonchev–Trinajstić information content (AvgIpc) is 2.48. The zero-order chi connectivity index (χ0) is 14.4. The van der Waals surface area contributed by atoms with Crippen LogP contribution in [0.25, 0.3) is 0 Å². The summed E-state index contributed by atoms with van der Waals surface area (Å²) < 4.78 is 5.48. The fraction of sp³-hybridized carbons (Fsp3) is 0.647. The van der Waals surface area contributed by atoms with E-state index in [0.29, 0.717) is 6.04 Å². The fourth-order valence-corrected chi connectivity index (χ4v) is 2.92. The standard InChI is InChI=1S/C17H28N2O/c1-14(2)19(12-15-7-6-10-18-11-15)13-16-8-4-5-9-17(16)20-3/h4-5,8-9,14-15,18H,6-7,10-13H2,1-3H3. The van der Waals surface area contributed by atoms with Gasteiger partial charge in [-0.1, -0.05) is 18.2 Å². The second kappa shape index (κ2) is 7.65. The third-order valence-corrected chi connectivity index (χ3v) is 4.19. The van der Waals surface area contributed by atoms with Gasteiger partial charge in [-0.3, -0.25) is 4.90 Å². The van der Waals surface area contributed by atoms with Gasteiger partial charge >= 0.3 is 0 Å². The Morgan fingerprint density at radius 1 is 1.35 bits per heavy atom. The Morgan fingerprint density at radius 3 is 2.80 bits per heavy atom. The molecule has 1 fully saturated rings. The van der Waals surface area contributed by atoms with E-state index in [-0.39, 0.29) is 0 Å². The maximum absolute atomic E-state index is 5.48. The summed E-state index contributed by atoms with van der Waals surface area (Å²) in [4.78, 5) is 2.56. The molecular formula is C17H28N2O. The molecule has 2 rings (SSSR count). The molecule has 0 bridgehead atoms. The topological polar surface area (TPSA) is 24.5 Å². The molecule has 1 aliphatic heterocycles. The maximum Gasteiger partial charge on any atom is 0.123 e. The van der Waals surface area contributed by atoms with Crippen LogP contribution in [0.15, 0.2) is 24.3 Å². The molecule has 1 atom stereocenters. The molecule has 0 spiro atoms. The van der Waals surface area contributed by atoms with Crippen LogP contribution in [0.3, 0.4) is 0 Å². The van der Waals surface area contributed by atoms with Gasteiger partial charge in [-0.25, -0.2) is 0 Å². The lowest BCUT2D eigenvalue weighted by atomic mass is 9.98. The molecule has 1 unspecified atom stereocenters. The quantitative estimate of drug-likeness (QED) is 0.864. The molecule has 0 aromatic heterocycles. The number of para-hydroxylation sites is 1. The van der Waals surface area contributed by atoms with Crippen LogP contribution in [-0.4, -0.2) is 37.7 Å². The zero-order valence-corrected chi connectivity index (χ0v) is 13.1. The molecule has 0 amide bonds. The van der Waals surface area contributed by atoms with Crippen molar-refractivity contribution in [3.63, 3.8) is 0 Å². The zero-order valence-electron chi connectivity index (χ0n) is 13.1. The van der Waals surface area contributed by atoms with E-state index in [0.717, 1.165) is 24.8 Å². The Labute approximate surface area is 123 Å². The van der Waals surface area contributed by atoms with Crippen molar-refractivity contribution in [1.82, 2.24) is 10.2 Å². The molecule has 3 nitrogen and oxygen atoms in total. The average molecular weight is 276 g/mol. The number of hydrogen-bond acceptors (Lipinski definition) is 3. The highest BCUT2D eigenvalue weighted by Gasteiger charge is 2.19. The lowest BCUT2D eigenvalue weighted by Gasteiger charge is -2.33. The van der Waals surface area contributed by atoms with Gasteiger partial charge in [0.1, 0.15) is 5.75 Å². The molecule has 1 aromatic carbocycles. The summed E-state index contributed by atoms with van der Waals surface area (Å²) in [5.74, 6) is 1.78. The number of rotatable bonds is 6. The molecule has 112 valence electrons. The van der Waals surface area contributed by atoms with E-state index < -0.39 is 0 Å². The minimum atomic E-state index is 0.557. The van der Waals surface area contributed by atoms with Crippen molar-refractivity contribution in [2.24, 2.45) is 5.92 Å². The van der Waals surface area contributed by atoms with Gasteiger partial charge < -0.3 is 10.1 Å². The van der Waals surface area contributed by atoms with E-state index in [1.807, 2.05) is 6.07 Å². The highest BCUT2D eigenvalue weighted by Crippen LogP contribution is 2.22. The number of hydrogen-bond donors (Lipinski definition) is 1. The predicted octanol–water partition coefficient (Wildman–Crippen LogP) is 2.91. The number of nitrogens with one attached hydrogen (secondary N) is 1. The highest BCUT2D eigenvalue weighted by molar-refractivity contribution is 5.33. The second-order valence-electron chi connectivity index (χ2n) is 6.05. The van der Waals surface area contributed by atoms with E-state index in [2.05, 4.69) is 42.3 Å². The summed E-state index contributed by atoms with van der Waals surface area (Å²) in [6, 6.07) is 8.91. The molecule has 20 heavy (non-hydrogen) atoms. The first-order chi connectivity index (χ1) is 9.70. The lowest BCUT2D eigenvalue weighted by Crippen LogP contribution is -2.40. The van der Waals surface area contributed by atoms with Gasteiger partial charge in [-0.2, -0.15) is 0 Å². The van der Waals surface area contributed by atoms with E-state index in [1.165, 1.54) is 31.5 Å². The fourth-order valence-electron chi connectivity index (χ4n) is 2.92. The molecule has 0 radical (unpaired) electrons. The van der Waals surface area contributed by atoms with Gasteiger partial charge in [-0.15, -0.1) is 0 Å². The Balaban J connectivity index is 2.01. The number of piperidine rings is 1. The van der Waals surface area contributed by atoms with Crippen molar-refractivity contribution >= 4 is 0 Å². The van der Waals surface area contributed by atoms with Crippen LogP contribution in [0.4, 0.5) is 0 Å². The predicted molar refractivity (Wildman–Crippen MR) is 84.1 cm³/mol. The molecule has 1 aliphatic rings. The van der Waals surface area contributed by atoms with Gasteiger partial charge in [0, 0.05) is 24.7 Å². The molecule has 3 heteroatoms. The first-order valence-electron chi connectivity index (χ1n) is 7.77. The van der Waals surface area contributed by atoms with Crippen molar-refractivity contribution in [3.05, 3.63) is 29.8 Å². The van der Waals surface area contributed by atoms with Crippen LogP contribution in [0.2, 0.25) is 0 Å². The summed E-state index contributed by atoms with van der Waals surface area (Å²) in [6.45, 7) is 9.05. The van der Waals surface area contributed by atoms with Crippen molar-refractivity contribution in [2.45, 2.75) is 39.3 Å². The Bertz CT molecular complexity index is 400. The van der Waals surface area contributed by atoms with Crippen molar-refractivity contribution in [1.29, 1.82) is 0 Å². The first kappa shape index (κ1) is 15.3. The normalized spacial score (nSPS) is 19.6. The van der Waals surface area contributed by atoms with Gasteiger partial charge in [0.2, 0.25) is 0 Å². The molecule has 1 heterocycles. The molecule has 1 N–H and O–H groups in total. The minimum absolute atomic E-state index is 0.557. The summed E-state index contributed by atoms with van der Waals surface area (Å²) in [5.41, 5.74) is 1.28. The summed E-state index contributed by atoms with van der Waals surface area (Å²) in [6.07, 6.45) is 2.66. The molecule has 1 aromatic rings. The van der Waals surface area contributed by atoms with Crippen LogP contribution < -0.4 is 10.1 Å². The number of ether oxygens (including phenoxy) is 1. The van der Waals surface area contributed by atoms with E-state index in [9.17, 15) is 0 Å². The molecule has 0 saturated carbocycles. The van der Waals surface area contributed by atoms with E-state index >= 15 is 0 Å². The van der Waals surface area contributed by atoms with Gasteiger partial charge in [-0.05, 0) is 51.8 Å². The second-order valence-corrected chi connectivity index (χ2v) is 6.05. The van der Waals surface area contributed by atoms with E-state index in [1.54, 1.807) is 7.11 Å². The first-order valence-corrected chi connectivity index (χ1v) is 7.77. The summed E-state index contributed by atoms with van der Waals surface area (Å²) in [7, 11) is 1.75. The van der Waals surface area contributed by atoms with Crippen molar-refractivity contribution in [3.8, 4) is 5.75 Å². The molecular weight excluding hydrogens is 248 g/mol. The Kier molecular flexibility index (Phi) is 5.86. The van der Waals surface area contributed by atoms with Gasteiger partial charge in [0.05, 0.1) is 7.11 Å². The van der Waals surface area contributed by atoms with Crippen LogP contribution in [-0.2, 0) is 6.54 Å². The van der Waals surface area contributed by atoms with Crippen LogP contribution in [0.5, 0.6) is 5.75 Å². The van der Waals surface area contributed by atoms with Crippen molar-refractivity contribution in [2.75, 3.05) is 26.7 Å². The number of methoxy groups -OCH3 is 1. The van der Waals surface area contributed by atoms with Crippen molar-refractivity contribution < 1.29 is 4.74 Å². The Morgan fingerprint density at radius 2 is 2.15 bits per heavy atom. The highest BCUT2D eigenvalue weighted by atomic mass is 16.5. The summed E-state index contributed by atoms with van der Waals surface area (Å²) >= 11 is 0. The molecule has 0 aliphatic carbocycles. The van der Waals surface area contributed by atoms with Gasteiger partial charge in [0.15, 0.2) is 0 Å². The van der Waals surface area contributed by atoms with E-state index in [4.69, 9.17) is 4.74 Å². The Hall–Kier alpha value is -1.06. The molecule has 1 saturated heterocycles. The van der Waals surface area contributed by atoms with Crippen LogP contribution in [0, 0.1) is 5.92 Å². The monoisotopic (exact) mass is 276 g/mol. The van der Waals surface area contributed by atoms with Crippen LogP contribution in [0.1, 0.15) is 32.3 Å². The third kappa shape index (κ3) is 4.22. The SMILES string of the molecule is COc1ccccc1CN(CC1CCCNC1)C(C)C. The third-order valence-electron chi connectivity index (χ3n) is 4.19. The minimum Gasteiger partial charge on any atom is -0.496 e. The van der Waals surface area contributed by atoms with Crippen LogP contribution >= 0.6 is 0 Å². The number of benzene rings is 1. The lowest BCUT2D eigenvalue weighted by molar-refractivity contribution is 0.162. The largest absolute Gasteiger partial charge is 0.496 e.